The van der Waals surface area contributed by atoms with Crippen LogP contribution in [0.1, 0.15) is 11.1 Å². The Kier molecular flexibility index (Phi) is 10.3. The van der Waals surface area contributed by atoms with Gasteiger partial charge in [0.25, 0.3) is 5.69 Å². The first-order valence-electron chi connectivity index (χ1n) is 8.36. The minimum atomic E-state index is -0.404. The minimum Gasteiger partial charge on any atom is -0.383 e. The number of hydrogen-bond acceptors (Lipinski definition) is 4. The van der Waals surface area contributed by atoms with Crippen LogP contribution in [0.25, 0.3) is 0 Å². The van der Waals surface area contributed by atoms with Gasteiger partial charge in [0.05, 0.1) is 18.1 Å². The van der Waals surface area contributed by atoms with Crippen molar-refractivity contribution in [2.24, 2.45) is 4.99 Å². The van der Waals surface area contributed by atoms with E-state index in [0.717, 1.165) is 18.1 Å². The number of hydrogen-bond donors (Lipinski definition) is 1. The summed E-state index contributed by atoms with van der Waals surface area (Å²) in [6.07, 6.45) is 0. The van der Waals surface area contributed by atoms with Crippen molar-refractivity contribution in [1.82, 2.24) is 10.2 Å². The number of nitro groups is 1. The summed E-state index contributed by atoms with van der Waals surface area (Å²) >= 11 is 0. The van der Waals surface area contributed by atoms with Gasteiger partial charge in [-0.2, -0.15) is 0 Å². The van der Waals surface area contributed by atoms with Crippen molar-refractivity contribution in [3.63, 3.8) is 0 Å². The Morgan fingerprint density at radius 1 is 1.15 bits per heavy atom. The molecule has 0 spiro atoms. The summed E-state index contributed by atoms with van der Waals surface area (Å²) in [5, 5.41) is 14.0. The maximum atomic E-state index is 10.7. The standard InChI is InChI=1S/C19H24N4O3.HI/c1-22(15-17-6-4-3-5-7-17)19(20-12-13-26-2)21-14-16-8-10-18(11-9-16)23(24)25;/h3-11H,12-15H2,1-2H3,(H,20,21);1H. The normalized spacial score (nSPS) is 10.8. The first-order chi connectivity index (χ1) is 12.6. The van der Waals surface area contributed by atoms with Crippen molar-refractivity contribution in [1.29, 1.82) is 0 Å². The number of guanidine groups is 1. The summed E-state index contributed by atoms with van der Waals surface area (Å²) in [5.74, 6) is 0.754. The maximum absolute atomic E-state index is 10.7. The van der Waals surface area contributed by atoms with Crippen LogP contribution in [0.2, 0.25) is 0 Å². The molecule has 0 radical (unpaired) electrons. The fourth-order valence-corrected chi connectivity index (χ4v) is 2.40. The lowest BCUT2D eigenvalue weighted by molar-refractivity contribution is -0.384. The van der Waals surface area contributed by atoms with Crippen molar-refractivity contribution in [2.75, 3.05) is 27.3 Å². The zero-order valence-corrected chi connectivity index (χ0v) is 17.8. The third-order valence-electron chi connectivity index (χ3n) is 3.77. The van der Waals surface area contributed by atoms with Gasteiger partial charge in [0.2, 0.25) is 0 Å². The number of halogens is 1. The Morgan fingerprint density at radius 2 is 1.81 bits per heavy atom. The third kappa shape index (κ3) is 7.92. The third-order valence-corrected chi connectivity index (χ3v) is 3.77. The van der Waals surface area contributed by atoms with Gasteiger partial charge in [-0.05, 0) is 11.1 Å². The number of ether oxygens (including phenoxy) is 1. The molecule has 0 unspecified atom stereocenters. The Balaban J connectivity index is 0.00000364. The number of aliphatic imine (C=N–C) groups is 1. The fraction of sp³-hybridized carbons (Fsp3) is 0.316. The van der Waals surface area contributed by atoms with Crippen LogP contribution in [-0.2, 0) is 17.8 Å². The van der Waals surface area contributed by atoms with Gasteiger partial charge in [0, 0.05) is 39.4 Å². The Hall–Kier alpha value is -2.20. The molecule has 1 N–H and O–H groups in total. The molecule has 0 amide bonds. The van der Waals surface area contributed by atoms with Gasteiger partial charge in [0.15, 0.2) is 5.96 Å². The molecular weight excluding hydrogens is 459 g/mol. The van der Waals surface area contributed by atoms with Crippen LogP contribution in [0.3, 0.4) is 0 Å². The average molecular weight is 484 g/mol. The number of non-ortho nitro benzene ring substituents is 1. The molecule has 0 heterocycles. The van der Waals surface area contributed by atoms with E-state index >= 15 is 0 Å². The maximum Gasteiger partial charge on any atom is 0.269 e. The van der Waals surface area contributed by atoms with E-state index in [1.165, 1.54) is 17.7 Å². The van der Waals surface area contributed by atoms with Crippen LogP contribution in [-0.4, -0.2) is 43.1 Å². The second-order valence-corrected chi connectivity index (χ2v) is 5.82. The molecule has 0 aliphatic rings. The topological polar surface area (TPSA) is 80.0 Å². The molecule has 0 aromatic heterocycles. The van der Waals surface area contributed by atoms with E-state index in [9.17, 15) is 10.1 Å². The average Bonchev–Trinajstić information content (AvgIpc) is 2.65. The van der Waals surface area contributed by atoms with Crippen molar-refractivity contribution < 1.29 is 9.66 Å². The van der Waals surface area contributed by atoms with E-state index in [4.69, 9.17) is 4.74 Å². The van der Waals surface area contributed by atoms with Crippen LogP contribution in [0.15, 0.2) is 59.6 Å². The Morgan fingerprint density at radius 3 is 2.41 bits per heavy atom. The zero-order chi connectivity index (χ0) is 18.8. The Bertz CT molecular complexity index is 723. The highest BCUT2D eigenvalue weighted by molar-refractivity contribution is 14.0. The predicted octanol–water partition coefficient (Wildman–Crippen LogP) is 3.44. The molecule has 0 aliphatic heterocycles. The lowest BCUT2D eigenvalue weighted by Gasteiger charge is -2.22. The molecule has 0 saturated carbocycles. The number of rotatable bonds is 8. The number of methoxy groups -OCH3 is 1. The van der Waals surface area contributed by atoms with Crippen molar-refractivity contribution in [2.45, 2.75) is 13.1 Å². The molecule has 146 valence electrons. The lowest BCUT2D eigenvalue weighted by atomic mass is 10.2. The van der Waals surface area contributed by atoms with Gasteiger partial charge in [-0.15, -0.1) is 24.0 Å². The number of nitro benzene ring substituents is 1. The molecule has 0 bridgehead atoms. The van der Waals surface area contributed by atoms with E-state index in [0.29, 0.717) is 19.7 Å². The molecule has 0 atom stereocenters. The lowest BCUT2D eigenvalue weighted by Crippen LogP contribution is -2.40. The van der Waals surface area contributed by atoms with Crippen LogP contribution in [0.4, 0.5) is 5.69 Å². The molecule has 2 rings (SSSR count). The fourth-order valence-electron chi connectivity index (χ4n) is 2.40. The second kappa shape index (κ2) is 12.2. The SMILES string of the molecule is COCCNC(=NCc1ccc([N+](=O)[O-])cc1)N(C)Cc1ccccc1.I. The van der Waals surface area contributed by atoms with Crippen molar-refractivity contribution >= 4 is 35.6 Å². The summed E-state index contributed by atoms with van der Waals surface area (Å²) in [6.45, 7) is 2.39. The quantitative estimate of drug-likeness (QED) is 0.155. The van der Waals surface area contributed by atoms with Gasteiger partial charge in [-0.3, -0.25) is 10.1 Å². The molecule has 7 nitrogen and oxygen atoms in total. The summed E-state index contributed by atoms with van der Waals surface area (Å²) in [5.41, 5.74) is 2.18. The monoisotopic (exact) mass is 484 g/mol. The minimum absolute atomic E-state index is 0. The summed E-state index contributed by atoms with van der Waals surface area (Å²) in [4.78, 5) is 17.0. The molecule has 0 aliphatic carbocycles. The molecule has 0 fully saturated rings. The molecule has 8 heteroatoms. The first kappa shape index (κ1) is 22.8. The first-order valence-corrected chi connectivity index (χ1v) is 8.36. The molecule has 2 aromatic rings. The van der Waals surface area contributed by atoms with Gasteiger partial charge in [-0.1, -0.05) is 42.5 Å². The number of benzene rings is 2. The predicted molar refractivity (Wildman–Crippen MR) is 117 cm³/mol. The van der Waals surface area contributed by atoms with Gasteiger partial charge in [-0.25, -0.2) is 4.99 Å². The van der Waals surface area contributed by atoms with Crippen molar-refractivity contribution in [3.8, 4) is 0 Å². The van der Waals surface area contributed by atoms with Gasteiger partial charge in [0.1, 0.15) is 0 Å². The van der Waals surface area contributed by atoms with Crippen LogP contribution in [0.5, 0.6) is 0 Å². The highest BCUT2D eigenvalue weighted by Crippen LogP contribution is 2.12. The van der Waals surface area contributed by atoms with Crippen LogP contribution < -0.4 is 5.32 Å². The van der Waals surface area contributed by atoms with E-state index in [-0.39, 0.29) is 29.7 Å². The molecule has 27 heavy (non-hydrogen) atoms. The van der Waals surface area contributed by atoms with E-state index in [1.54, 1.807) is 19.2 Å². The molecular formula is C19H25IN4O3. The Labute approximate surface area is 176 Å². The smallest absolute Gasteiger partial charge is 0.269 e. The number of nitrogens with one attached hydrogen (secondary N) is 1. The van der Waals surface area contributed by atoms with Crippen molar-refractivity contribution in [3.05, 3.63) is 75.8 Å². The largest absolute Gasteiger partial charge is 0.383 e. The van der Waals surface area contributed by atoms with E-state index in [1.807, 2.05) is 30.1 Å². The van der Waals surface area contributed by atoms with Crippen LogP contribution in [0, 0.1) is 10.1 Å². The zero-order valence-electron chi connectivity index (χ0n) is 15.5. The summed E-state index contributed by atoms with van der Waals surface area (Å²) in [7, 11) is 3.63. The number of nitrogens with zero attached hydrogens (tertiary/aromatic N) is 3. The summed E-state index contributed by atoms with van der Waals surface area (Å²) < 4.78 is 5.09. The van der Waals surface area contributed by atoms with E-state index in [2.05, 4.69) is 22.4 Å². The van der Waals surface area contributed by atoms with Gasteiger partial charge >= 0.3 is 0 Å². The molecule has 2 aromatic carbocycles. The van der Waals surface area contributed by atoms with E-state index < -0.39 is 4.92 Å². The van der Waals surface area contributed by atoms with Crippen LogP contribution >= 0.6 is 24.0 Å². The summed E-state index contributed by atoms with van der Waals surface area (Å²) in [6, 6.07) is 16.6. The molecule has 0 saturated heterocycles. The van der Waals surface area contributed by atoms with Gasteiger partial charge < -0.3 is 15.0 Å². The second-order valence-electron chi connectivity index (χ2n) is 5.82. The highest BCUT2D eigenvalue weighted by Gasteiger charge is 2.08. The highest BCUT2D eigenvalue weighted by atomic mass is 127.